The number of rotatable bonds is 3. The Morgan fingerprint density at radius 1 is 1.43 bits per heavy atom. The zero-order valence-electron chi connectivity index (χ0n) is 8.08. The van der Waals surface area contributed by atoms with Gasteiger partial charge in [-0.1, -0.05) is 0 Å². The number of aromatic nitrogens is 1. The van der Waals surface area contributed by atoms with Crippen molar-refractivity contribution in [3.05, 3.63) is 30.0 Å². The van der Waals surface area contributed by atoms with Crippen LogP contribution in [0.25, 0.3) is 10.9 Å². The van der Waals surface area contributed by atoms with Crippen molar-refractivity contribution >= 4 is 10.9 Å². The predicted molar refractivity (Wildman–Crippen MR) is 55.3 cm³/mol. The van der Waals surface area contributed by atoms with Crippen LogP contribution in [0.5, 0.6) is 5.75 Å². The highest BCUT2D eigenvalue weighted by Gasteiger charge is 2.03. The average Bonchev–Trinajstić information content (AvgIpc) is 2.57. The summed E-state index contributed by atoms with van der Waals surface area (Å²) in [4.78, 5) is 3.10. The van der Waals surface area contributed by atoms with Crippen molar-refractivity contribution in [3.63, 3.8) is 0 Å². The summed E-state index contributed by atoms with van der Waals surface area (Å²) in [5.74, 6) is 0.280. The van der Waals surface area contributed by atoms with E-state index < -0.39 is 0 Å². The van der Waals surface area contributed by atoms with E-state index in [1.165, 1.54) is 0 Å². The van der Waals surface area contributed by atoms with Crippen LogP contribution in [-0.4, -0.2) is 16.7 Å². The summed E-state index contributed by atoms with van der Waals surface area (Å²) in [6, 6.07) is 5.30. The van der Waals surface area contributed by atoms with Crippen LogP contribution in [0.3, 0.4) is 0 Å². The number of H-pyrrole nitrogens is 1. The fraction of sp³-hybridized carbons (Fsp3) is 0.273. The van der Waals surface area contributed by atoms with Crippen LogP contribution >= 0.6 is 0 Å². The van der Waals surface area contributed by atoms with E-state index in [0.717, 1.165) is 16.5 Å². The molecule has 0 unspecified atom stereocenters. The van der Waals surface area contributed by atoms with Gasteiger partial charge in [0.25, 0.3) is 0 Å². The molecule has 2 rings (SSSR count). The number of fused-ring (bicyclic) bond motifs is 1. The van der Waals surface area contributed by atoms with Gasteiger partial charge in [0.15, 0.2) is 0 Å². The quantitative estimate of drug-likeness (QED) is 0.782. The number of aromatic hydroxyl groups is 1. The molecule has 0 saturated carbocycles. The molecule has 2 N–H and O–H groups in total. The number of nitrogens with one attached hydrogen (secondary N) is 1. The predicted octanol–water partition coefficient (Wildman–Crippen LogP) is 2.41. The monoisotopic (exact) mass is 191 g/mol. The minimum atomic E-state index is 0.280. The van der Waals surface area contributed by atoms with E-state index in [-0.39, 0.29) is 5.75 Å². The van der Waals surface area contributed by atoms with E-state index >= 15 is 0 Å². The molecule has 14 heavy (non-hydrogen) atoms. The number of phenols is 1. The molecular formula is C11H13NO2. The Bertz CT molecular complexity index is 434. The Morgan fingerprint density at radius 2 is 2.29 bits per heavy atom. The van der Waals surface area contributed by atoms with Gasteiger partial charge in [0.2, 0.25) is 0 Å². The smallest absolute Gasteiger partial charge is 0.117 e. The number of phenolic OH excluding ortho intramolecular Hbond substituents is 1. The van der Waals surface area contributed by atoms with Gasteiger partial charge >= 0.3 is 0 Å². The molecule has 0 radical (unpaired) electrons. The van der Waals surface area contributed by atoms with Gasteiger partial charge in [-0.3, -0.25) is 0 Å². The number of ether oxygens (including phenoxy) is 1. The van der Waals surface area contributed by atoms with Gasteiger partial charge < -0.3 is 14.8 Å². The lowest BCUT2D eigenvalue weighted by molar-refractivity contribution is 0.135. The Morgan fingerprint density at radius 3 is 3.07 bits per heavy atom. The second-order valence-electron chi connectivity index (χ2n) is 3.18. The molecule has 0 amide bonds. The Labute approximate surface area is 82.3 Å². The minimum absolute atomic E-state index is 0.280. The van der Waals surface area contributed by atoms with Crippen molar-refractivity contribution in [3.8, 4) is 5.75 Å². The van der Waals surface area contributed by atoms with Crippen LogP contribution in [0.15, 0.2) is 24.4 Å². The summed E-state index contributed by atoms with van der Waals surface area (Å²) in [6.07, 6.45) is 1.92. The van der Waals surface area contributed by atoms with Gasteiger partial charge in [0.05, 0.1) is 6.61 Å². The number of hydrogen-bond donors (Lipinski definition) is 2. The fourth-order valence-electron chi connectivity index (χ4n) is 1.51. The summed E-state index contributed by atoms with van der Waals surface area (Å²) in [7, 11) is 0. The van der Waals surface area contributed by atoms with Crippen LogP contribution < -0.4 is 0 Å². The third-order valence-corrected chi connectivity index (χ3v) is 2.21. The standard InChI is InChI=1S/C11H13NO2/c1-2-14-7-8-6-12-11-5-9(13)3-4-10(8)11/h3-6,12-13H,2,7H2,1H3. The van der Waals surface area contributed by atoms with E-state index in [2.05, 4.69) is 4.98 Å². The summed E-state index contributed by atoms with van der Waals surface area (Å²) >= 11 is 0. The summed E-state index contributed by atoms with van der Waals surface area (Å²) in [5, 5.41) is 10.4. The number of benzene rings is 1. The molecule has 0 fully saturated rings. The first-order chi connectivity index (χ1) is 6.81. The molecule has 0 aliphatic carbocycles. The van der Waals surface area contributed by atoms with Crippen molar-refractivity contribution in [1.82, 2.24) is 4.98 Å². The molecule has 0 saturated heterocycles. The Balaban J connectivity index is 2.37. The fourth-order valence-corrected chi connectivity index (χ4v) is 1.51. The van der Waals surface area contributed by atoms with Crippen molar-refractivity contribution in [2.45, 2.75) is 13.5 Å². The first-order valence-corrected chi connectivity index (χ1v) is 4.68. The highest BCUT2D eigenvalue weighted by molar-refractivity contribution is 5.84. The zero-order chi connectivity index (χ0) is 9.97. The second kappa shape index (κ2) is 3.72. The molecule has 74 valence electrons. The maximum atomic E-state index is 9.26. The maximum Gasteiger partial charge on any atom is 0.117 e. The molecule has 1 aromatic heterocycles. The number of hydrogen-bond acceptors (Lipinski definition) is 2. The van der Waals surface area contributed by atoms with Crippen molar-refractivity contribution in [2.75, 3.05) is 6.61 Å². The van der Waals surface area contributed by atoms with Crippen LogP contribution in [-0.2, 0) is 11.3 Å². The average molecular weight is 191 g/mol. The molecule has 2 aromatic rings. The molecular weight excluding hydrogens is 178 g/mol. The Hall–Kier alpha value is -1.48. The van der Waals surface area contributed by atoms with Crippen LogP contribution in [0.4, 0.5) is 0 Å². The first kappa shape index (κ1) is 9.09. The van der Waals surface area contributed by atoms with E-state index in [1.807, 2.05) is 19.2 Å². The van der Waals surface area contributed by atoms with Crippen LogP contribution in [0.1, 0.15) is 12.5 Å². The van der Waals surface area contributed by atoms with Gasteiger partial charge in [-0.2, -0.15) is 0 Å². The highest BCUT2D eigenvalue weighted by Crippen LogP contribution is 2.22. The topological polar surface area (TPSA) is 45.2 Å². The lowest BCUT2D eigenvalue weighted by Gasteiger charge is -1.99. The van der Waals surface area contributed by atoms with Crippen molar-refractivity contribution < 1.29 is 9.84 Å². The van der Waals surface area contributed by atoms with E-state index in [9.17, 15) is 5.11 Å². The molecule has 0 spiro atoms. The molecule has 0 aliphatic rings. The minimum Gasteiger partial charge on any atom is -0.508 e. The van der Waals surface area contributed by atoms with Gasteiger partial charge in [0, 0.05) is 35.3 Å². The lowest BCUT2D eigenvalue weighted by Crippen LogP contribution is -1.89. The summed E-state index contributed by atoms with van der Waals surface area (Å²) < 4.78 is 5.33. The molecule has 0 aliphatic heterocycles. The van der Waals surface area contributed by atoms with E-state index in [1.54, 1.807) is 12.1 Å². The molecule has 0 atom stereocenters. The van der Waals surface area contributed by atoms with Crippen molar-refractivity contribution in [2.24, 2.45) is 0 Å². The van der Waals surface area contributed by atoms with E-state index in [4.69, 9.17) is 4.74 Å². The second-order valence-corrected chi connectivity index (χ2v) is 3.18. The lowest BCUT2D eigenvalue weighted by atomic mass is 10.2. The summed E-state index contributed by atoms with van der Waals surface area (Å²) in [5.41, 5.74) is 2.07. The van der Waals surface area contributed by atoms with Gasteiger partial charge in [-0.25, -0.2) is 0 Å². The molecule has 0 bridgehead atoms. The van der Waals surface area contributed by atoms with E-state index in [0.29, 0.717) is 13.2 Å². The van der Waals surface area contributed by atoms with Crippen LogP contribution in [0, 0.1) is 0 Å². The molecule has 1 heterocycles. The number of aromatic amines is 1. The van der Waals surface area contributed by atoms with Gasteiger partial charge in [-0.05, 0) is 19.1 Å². The highest BCUT2D eigenvalue weighted by atomic mass is 16.5. The van der Waals surface area contributed by atoms with Gasteiger partial charge in [-0.15, -0.1) is 0 Å². The largest absolute Gasteiger partial charge is 0.508 e. The molecule has 3 heteroatoms. The third-order valence-electron chi connectivity index (χ3n) is 2.21. The van der Waals surface area contributed by atoms with Gasteiger partial charge in [0.1, 0.15) is 5.75 Å². The first-order valence-electron chi connectivity index (χ1n) is 4.68. The molecule has 1 aromatic carbocycles. The maximum absolute atomic E-state index is 9.26. The third kappa shape index (κ3) is 1.59. The SMILES string of the molecule is CCOCc1c[nH]c2cc(O)ccc12. The normalized spacial score (nSPS) is 10.9. The van der Waals surface area contributed by atoms with Crippen molar-refractivity contribution in [1.29, 1.82) is 0 Å². The summed E-state index contributed by atoms with van der Waals surface area (Å²) in [6.45, 7) is 3.30. The zero-order valence-corrected chi connectivity index (χ0v) is 8.08. The van der Waals surface area contributed by atoms with Crippen LogP contribution in [0.2, 0.25) is 0 Å². The molecule has 3 nitrogen and oxygen atoms in total. The Kier molecular flexibility index (Phi) is 2.41.